The zero-order valence-electron chi connectivity index (χ0n) is 14.0. The summed E-state index contributed by atoms with van der Waals surface area (Å²) in [4.78, 5) is 18.4. The molecule has 0 aliphatic carbocycles. The van der Waals surface area contributed by atoms with Gasteiger partial charge in [0.05, 0.1) is 16.4 Å². The number of fused-ring (bicyclic) bond motifs is 1. The number of esters is 1. The number of rotatable bonds is 4. The van der Waals surface area contributed by atoms with Crippen LogP contribution >= 0.6 is 34.3 Å². The van der Waals surface area contributed by atoms with Crippen molar-refractivity contribution in [2.45, 2.75) is 13.5 Å². The number of thiazole rings is 1. The van der Waals surface area contributed by atoms with E-state index in [2.05, 4.69) is 10.1 Å². The predicted octanol–water partition coefficient (Wildman–Crippen LogP) is 5.08. The number of aryl methyl sites for hydroxylation is 2. The van der Waals surface area contributed by atoms with E-state index in [1.165, 1.54) is 22.7 Å². The Morgan fingerprint density at radius 1 is 1.35 bits per heavy atom. The maximum Gasteiger partial charge on any atom is 0.348 e. The third kappa shape index (κ3) is 3.13. The van der Waals surface area contributed by atoms with Crippen LogP contribution in [0, 0.1) is 6.92 Å². The molecule has 0 fully saturated rings. The molecule has 4 aromatic rings. The molecule has 3 heterocycles. The fraction of sp³-hybridized carbons (Fsp3) is 0.167. The molecule has 0 spiro atoms. The van der Waals surface area contributed by atoms with E-state index in [-0.39, 0.29) is 12.6 Å². The number of carbonyl (C=O) groups excluding carboxylic acids is 1. The van der Waals surface area contributed by atoms with E-state index in [0.717, 1.165) is 26.5 Å². The quantitative estimate of drug-likeness (QED) is 0.446. The molecular formula is C18H14ClN3O2S2. The van der Waals surface area contributed by atoms with Crippen molar-refractivity contribution in [2.24, 2.45) is 7.05 Å². The van der Waals surface area contributed by atoms with Gasteiger partial charge < -0.3 is 4.74 Å². The van der Waals surface area contributed by atoms with Gasteiger partial charge in [-0.15, -0.1) is 22.7 Å². The molecule has 4 rings (SSSR count). The number of aromatic nitrogens is 3. The molecule has 0 unspecified atom stereocenters. The lowest BCUT2D eigenvalue weighted by Crippen LogP contribution is -2.03. The molecule has 0 aliphatic heterocycles. The van der Waals surface area contributed by atoms with Gasteiger partial charge in [0, 0.05) is 23.4 Å². The third-order valence-electron chi connectivity index (χ3n) is 3.90. The Morgan fingerprint density at radius 2 is 2.15 bits per heavy atom. The Bertz CT molecular complexity index is 1080. The minimum atomic E-state index is -0.349. The standard InChI is InChI=1S/C18H14ClN3O2S2/c1-10-13-7-15(26-17(13)22(2)21-10)18(23)24-8-11-9-25-16(20-11)12-5-3-4-6-14(12)19/h3-7,9H,8H2,1-2H3. The van der Waals surface area contributed by atoms with Crippen LogP contribution in [-0.2, 0) is 18.4 Å². The van der Waals surface area contributed by atoms with Gasteiger partial charge in [-0.2, -0.15) is 5.10 Å². The fourth-order valence-corrected chi connectivity index (χ4v) is 4.79. The van der Waals surface area contributed by atoms with Crippen molar-refractivity contribution in [3.05, 3.63) is 57.0 Å². The third-order valence-corrected chi connectivity index (χ3v) is 6.34. The number of ether oxygens (including phenoxy) is 1. The van der Waals surface area contributed by atoms with Crippen LogP contribution in [0.15, 0.2) is 35.7 Å². The van der Waals surface area contributed by atoms with Crippen molar-refractivity contribution >= 4 is 50.5 Å². The van der Waals surface area contributed by atoms with E-state index in [0.29, 0.717) is 15.6 Å². The smallest absolute Gasteiger partial charge is 0.348 e. The monoisotopic (exact) mass is 403 g/mol. The first kappa shape index (κ1) is 17.2. The molecule has 3 aromatic heterocycles. The fourth-order valence-electron chi connectivity index (χ4n) is 2.65. The van der Waals surface area contributed by atoms with Crippen LogP contribution in [0.3, 0.4) is 0 Å². The first-order chi connectivity index (χ1) is 12.5. The van der Waals surface area contributed by atoms with Crippen LogP contribution < -0.4 is 0 Å². The zero-order valence-corrected chi connectivity index (χ0v) is 16.4. The lowest BCUT2D eigenvalue weighted by molar-refractivity contribution is 0.0474. The van der Waals surface area contributed by atoms with Gasteiger partial charge in [0.2, 0.25) is 0 Å². The number of nitrogens with zero attached hydrogens (tertiary/aromatic N) is 3. The number of benzene rings is 1. The number of carbonyl (C=O) groups is 1. The summed E-state index contributed by atoms with van der Waals surface area (Å²) in [5.41, 5.74) is 2.49. The largest absolute Gasteiger partial charge is 0.455 e. The summed E-state index contributed by atoms with van der Waals surface area (Å²) in [6.45, 7) is 2.06. The minimum absolute atomic E-state index is 0.130. The number of halogens is 1. The van der Waals surface area contributed by atoms with E-state index in [9.17, 15) is 4.79 Å². The lowest BCUT2D eigenvalue weighted by atomic mass is 10.2. The van der Waals surface area contributed by atoms with Gasteiger partial charge >= 0.3 is 5.97 Å². The van der Waals surface area contributed by atoms with Gasteiger partial charge in [-0.05, 0) is 19.1 Å². The summed E-state index contributed by atoms with van der Waals surface area (Å²) in [6.07, 6.45) is 0. The zero-order chi connectivity index (χ0) is 18.3. The number of thiophene rings is 1. The van der Waals surface area contributed by atoms with Gasteiger partial charge in [-0.25, -0.2) is 9.78 Å². The summed E-state index contributed by atoms with van der Waals surface area (Å²) in [6, 6.07) is 9.38. The molecular weight excluding hydrogens is 390 g/mol. The highest BCUT2D eigenvalue weighted by Gasteiger charge is 2.17. The molecule has 0 bridgehead atoms. The van der Waals surface area contributed by atoms with Crippen LogP contribution in [0.4, 0.5) is 0 Å². The maximum atomic E-state index is 12.4. The molecule has 132 valence electrons. The van der Waals surface area contributed by atoms with E-state index >= 15 is 0 Å². The molecule has 0 amide bonds. The first-order valence-electron chi connectivity index (χ1n) is 7.82. The highest BCUT2D eigenvalue weighted by atomic mass is 35.5. The summed E-state index contributed by atoms with van der Waals surface area (Å²) in [5.74, 6) is -0.349. The normalized spacial score (nSPS) is 11.2. The van der Waals surface area contributed by atoms with Gasteiger partial charge in [-0.3, -0.25) is 4.68 Å². The molecule has 1 aromatic carbocycles. The topological polar surface area (TPSA) is 57.0 Å². The van der Waals surface area contributed by atoms with Gasteiger partial charge in [0.1, 0.15) is 21.3 Å². The summed E-state index contributed by atoms with van der Waals surface area (Å²) >= 11 is 9.06. The van der Waals surface area contributed by atoms with Crippen LogP contribution in [0.5, 0.6) is 0 Å². The van der Waals surface area contributed by atoms with Crippen molar-refractivity contribution < 1.29 is 9.53 Å². The van der Waals surface area contributed by atoms with Gasteiger partial charge in [0.15, 0.2) is 0 Å². The summed E-state index contributed by atoms with van der Waals surface area (Å²) in [5, 5.41) is 8.67. The van der Waals surface area contributed by atoms with Crippen LogP contribution in [0.2, 0.25) is 5.02 Å². The van der Waals surface area contributed by atoms with Gasteiger partial charge in [-0.1, -0.05) is 29.8 Å². The van der Waals surface area contributed by atoms with E-state index < -0.39 is 0 Å². The Kier molecular flexibility index (Phi) is 4.52. The maximum absolute atomic E-state index is 12.4. The molecule has 0 N–H and O–H groups in total. The minimum Gasteiger partial charge on any atom is -0.455 e. The average molecular weight is 404 g/mol. The predicted molar refractivity (Wildman–Crippen MR) is 105 cm³/mol. The molecule has 0 saturated carbocycles. The molecule has 0 saturated heterocycles. The summed E-state index contributed by atoms with van der Waals surface area (Å²) < 4.78 is 7.21. The molecule has 0 radical (unpaired) electrons. The molecule has 8 heteroatoms. The van der Waals surface area contributed by atoms with Crippen LogP contribution in [0.25, 0.3) is 20.8 Å². The Balaban J connectivity index is 1.47. The molecule has 0 atom stereocenters. The molecule has 0 aliphatic rings. The lowest BCUT2D eigenvalue weighted by Gasteiger charge is -2.01. The summed E-state index contributed by atoms with van der Waals surface area (Å²) in [7, 11) is 1.87. The van der Waals surface area contributed by atoms with E-state index in [1.807, 2.05) is 49.7 Å². The highest BCUT2D eigenvalue weighted by molar-refractivity contribution is 7.20. The second-order valence-electron chi connectivity index (χ2n) is 5.74. The van der Waals surface area contributed by atoms with E-state index in [1.54, 1.807) is 4.68 Å². The van der Waals surface area contributed by atoms with Crippen molar-refractivity contribution in [1.82, 2.24) is 14.8 Å². The number of hydrogen-bond donors (Lipinski definition) is 0. The number of hydrogen-bond acceptors (Lipinski definition) is 6. The Hall–Kier alpha value is -2.22. The molecule has 5 nitrogen and oxygen atoms in total. The second-order valence-corrected chi connectivity index (χ2v) is 8.03. The van der Waals surface area contributed by atoms with Crippen LogP contribution in [-0.4, -0.2) is 20.7 Å². The van der Waals surface area contributed by atoms with Crippen molar-refractivity contribution in [3.8, 4) is 10.6 Å². The van der Waals surface area contributed by atoms with Crippen molar-refractivity contribution in [3.63, 3.8) is 0 Å². The van der Waals surface area contributed by atoms with Crippen molar-refractivity contribution in [1.29, 1.82) is 0 Å². The molecule has 26 heavy (non-hydrogen) atoms. The van der Waals surface area contributed by atoms with E-state index in [4.69, 9.17) is 16.3 Å². The van der Waals surface area contributed by atoms with Crippen molar-refractivity contribution in [2.75, 3.05) is 0 Å². The Labute approximate surface area is 162 Å². The first-order valence-corrected chi connectivity index (χ1v) is 9.90. The highest BCUT2D eigenvalue weighted by Crippen LogP contribution is 2.31. The average Bonchev–Trinajstić information content (AvgIpc) is 3.32. The van der Waals surface area contributed by atoms with Crippen LogP contribution in [0.1, 0.15) is 21.1 Å². The second kappa shape index (κ2) is 6.83. The SMILES string of the molecule is Cc1nn(C)c2sc(C(=O)OCc3csc(-c4ccccc4Cl)n3)cc12. The van der Waals surface area contributed by atoms with Gasteiger partial charge in [0.25, 0.3) is 0 Å². The Morgan fingerprint density at radius 3 is 2.92 bits per heavy atom.